The van der Waals surface area contributed by atoms with Crippen molar-refractivity contribution in [2.45, 2.75) is 136 Å². The Balaban J connectivity index is 2.22. The Morgan fingerprint density at radius 1 is 1.07 bits per heavy atom. The van der Waals surface area contributed by atoms with Crippen molar-refractivity contribution >= 4 is 8.32 Å². The standard InChI is InChI=1S/C27H50O2Si/c1-11-17-26(7,19-13-18-25(5,6)28)23-16-15-21-22(14-12-20-27(21,23)8)29-30(9,10)24(2,3)4/h1,21-23,28H,12-20H2,2-10H3/t21?,22-,23+,26-,27-/m0/s1. The Hall–Kier alpha value is -0.303. The number of terminal acetylenes is 1. The van der Waals surface area contributed by atoms with E-state index < -0.39 is 13.9 Å². The van der Waals surface area contributed by atoms with Crippen LogP contribution in [0.2, 0.25) is 18.1 Å². The molecule has 0 saturated heterocycles. The highest BCUT2D eigenvalue weighted by Crippen LogP contribution is 2.63. The van der Waals surface area contributed by atoms with Gasteiger partial charge in [-0.3, -0.25) is 0 Å². The van der Waals surface area contributed by atoms with E-state index in [1.165, 1.54) is 32.1 Å². The van der Waals surface area contributed by atoms with E-state index >= 15 is 0 Å². The summed E-state index contributed by atoms with van der Waals surface area (Å²) in [5.41, 5.74) is -0.111. The van der Waals surface area contributed by atoms with Crippen LogP contribution in [-0.2, 0) is 4.43 Å². The van der Waals surface area contributed by atoms with Crippen LogP contribution >= 0.6 is 0 Å². The first kappa shape index (κ1) is 26.0. The highest BCUT2D eigenvalue weighted by atomic mass is 28.4. The Labute approximate surface area is 189 Å². The fourth-order valence-corrected chi connectivity index (χ4v) is 7.90. The van der Waals surface area contributed by atoms with Crippen molar-refractivity contribution in [2.75, 3.05) is 0 Å². The summed E-state index contributed by atoms with van der Waals surface area (Å²) in [5.74, 6) is 4.34. The van der Waals surface area contributed by atoms with Gasteiger partial charge in [-0.2, -0.15) is 0 Å². The molecule has 0 spiro atoms. The molecule has 2 aliphatic rings. The minimum atomic E-state index is -1.77. The van der Waals surface area contributed by atoms with Gasteiger partial charge in [-0.25, -0.2) is 0 Å². The minimum Gasteiger partial charge on any atom is -0.414 e. The molecular formula is C27H50O2Si. The number of hydrogen-bond acceptors (Lipinski definition) is 2. The summed E-state index contributed by atoms with van der Waals surface area (Å²) >= 11 is 0. The van der Waals surface area contributed by atoms with Gasteiger partial charge in [-0.1, -0.05) is 47.5 Å². The first-order chi connectivity index (χ1) is 13.6. The monoisotopic (exact) mass is 434 g/mol. The van der Waals surface area contributed by atoms with Gasteiger partial charge >= 0.3 is 0 Å². The van der Waals surface area contributed by atoms with Gasteiger partial charge in [-0.05, 0) is 93.2 Å². The zero-order valence-electron chi connectivity index (χ0n) is 21.5. The molecular weight excluding hydrogens is 384 g/mol. The molecule has 0 aromatic rings. The highest BCUT2D eigenvalue weighted by Gasteiger charge is 2.57. The molecule has 2 nitrogen and oxygen atoms in total. The molecule has 0 amide bonds. The predicted molar refractivity (Wildman–Crippen MR) is 132 cm³/mol. The van der Waals surface area contributed by atoms with Crippen molar-refractivity contribution in [3.05, 3.63) is 0 Å². The molecule has 0 bridgehead atoms. The van der Waals surface area contributed by atoms with Gasteiger partial charge in [0, 0.05) is 12.5 Å². The lowest BCUT2D eigenvalue weighted by atomic mass is 9.56. The van der Waals surface area contributed by atoms with E-state index in [1.54, 1.807) is 0 Å². The summed E-state index contributed by atoms with van der Waals surface area (Å²) in [6.07, 6.45) is 16.5. The van der Waals surface area contributed by atoms with Crippen molar-refractivity contribution in [3.8, 4) is 12.3 Å². The molecule has 1 N–H and O–H groups in total. The molecule has 3 heteroatoms. The van der Waals surface area contributed by atoms with E-state index in [1.807, 2.05) is 13.8 Å². The smallest absolute Gasteiger partial charge is 0.192 e. The molecule has 0 aromatic carbocycles. The van der Waals surface area contributed by atoms with Crippen LogP contribution in [0.1, 0.15) is 106 Å². The van der Waals surface area contributed by atoms with Crippen LogP contribution in [0.15, 0.2) is 0 Å². The van der Waals surface area contributed by atoms with E-state index in [4.69, 9.17) is 10.8 Å². The molecule has 2 rings (SSSR count). The van der Waals surface area contributed by atoms with Crippen LogP contribution in [0.3, 0.4) is 0 Å². The maximum Gasteiger partial charge on any atom is 0.192 e. The summed E-state index contributed by atoms with van der Waals surface area (Å²) in [5, 5.41) is 10.5. The molecule has 0 radical (unpaired) electrons. The highest BCUT2D eigenvalue weighted by molar-refractivity contribution is 6.74. The quantitative estimate of drug-likeness (QED) is 0.315. The summed E-state index contributed by atoms with van der Waals surface area (Å²) in [7, 11) is -1.77. The fourth-order valence-electron chi connectivity index (χ4n) is 6.50. The average molecular weight is 435 g/mol. The first-order valence-electron chi connectivity index (χ1n) is 12.4. The van der Waals surface area contributed by atoms with Crippen molar-refractivity contribution in [1.29, 1.82) is 0 Å². The van der Waals surface area contributed by atoms with Crippen LogP contribution in [0.5, 0.6) is 0 Å². The lowest BCUT2D eigenvalue weighted by molar-refractivity contribution is -0.0444. The van der Waals surface area contributed by atoms with Gasteiger partial charge in [0.2, 0.25) is 0 Å². The maximum atomic E-state index is 10.2. The SMILES string of the molecule is C#CC[C@@](C)(CCCC(C)(C)O)[C@H]1CCC2[C@@H](O[Si](C)(C)C(C)(C)C)CCC[C@@]21C. The summed E-state index contributed by atoms with van der Waals surface area (Å²) in [6, 6.07) is 0. The molecule has 174 valence electrons. The summed E-state index contributed by atoms with van der Waals surface area (Å²) < 4.78 is 7.03. The molecule has 2 aliphatic carbocycles. The number of aliphatic hydroxyl groups is 1. The molecule has 2 fully saturated rings. The Bertz CT molecular complexity index is 620. The molecule has 30 heavy (non-hydrogen) atoms. The van der Waals surface area contributed by atoms with E-state index in [0.29, 0.717) is 23.4 Å². The van der Waals surface area contributed by atoms with Gasteiger partial charge in [0.05, 0.1) is 5.60 Å². The van der Waals surface area contributed by atoms with Gasteiger partial charge in [0.25, 0.3) is 0 Å². The minimum absolute atomic E-state index is 0.155. The van der Waals surface area contributed by atoms with Crippen LogP contribution in [0.25, 0.3) is 0 Å². The van der Waals surface area contributed by atoms with Crippen molar-refractivity contribution in [3.63, 3.8) is 0 Å². The van der Waals surface area contributed by atoms with Crippen LogP contribution < -0.4 is 0 Å². The van der Waals surface area contributed by atoms with Crippen molar-refractivity contribution < 1.29 is 9.53 Å². The third-order valence-electron chi connectivity index (χ3n) is 9.20. The van der Waals surface area contributed by atoms with Crippen LogP contribution in [0.4, 0.5) is 0 Å². The van der Waals surface area contributed by atoms with Gasteiger partial charge < -0.3 is 9.53 Å². The normalized spacial score (nSPS) is 32.4. The number of hydrogen-bond donors (Lipinski definition) is 1. The third kappa shape index (κ3) is 5.54. The Kier molecular flexibility index (Phi) is 7.71. The molecule has 2 saturated carbocycles. The first-order valence-corrected chi connectivity index (χ1v) is 15.3. The largest absolute Gasteiger partial charge is 0.414 e. The fraction of sp³-hybridized carbons (Fsp3) is 0.926. The second kappa shape index (κ2) is 8.91. The average Bonchev–Trinajstić information content (AvgIpc) is 2.91. The third-order valence-corrected chi connectivity index (χ3v) is 13.7. The second-order valence-electron chi connectivity index (χ2n) is 13.3. The van der Waals surface area contributed by atoms with Crippen molar-refractivity contribution in [1.82, 2.24) is 0 Å². The van der Waals surface area contributed by atoms with Crippen LogP contribution in [0, 0.1) is 35.0 Å². The van der Waals surface area contributed by atoms with Gasteiger partial charge in [0.1, 0.15) is 0 Å². The molecule has 0 aromatic heterocycles. The second-order valence-corrected chi connectivity index (χ2v) is 18.0. The summed E-state index contributed by atoms with van der Waals surface area (Å²) in [6.45, 7) is 20.7. The summed E-state index contributed by atoms with van der Waals surface area (Å²) in [4.78, 5) is 0. The number of rotatable bonds is 8. The molecule has 5 atom stereocenters. The Morgan fingerprint density at radius 2 is 1.70 bits per heavy atom. The molecule has 1 unspecified atom stereocenters. The molecule has 0 aliphatic heterocycles. The maximum absolute atomic E-state index is 10.2. The van der Waals surface area contributed by atoms with Crippen LogP contribution in [-0.4, -0.2) is 25.1 Å². The van der Waals surface area contributed by atoms with Gasteiger partial charge in [0.15, 0.2) is 8.32 Å². The van der Waals surface area contributed by atoms with E-state index in [2.05, 4.69) is 53.6 Å². The molecule has 0 heterocycles. The van der Waals surface area contributed by atoms with Crippen molar-refractivity contribution in [2.24, 2.45) is 22.7 Å². The lowest BCUT2D eigenvalue weighted by Crippen LogP contribution is -2.51. The van der Waals surface area contributed by atoms with Gasteiger partial charge in [-0.15, -0.1) is 12.3 Å². The zero-order chi connectivity index (χ0) is 23.0. The lowest BCUT2D eigenvalue weighted by Gasteiger charge is -2.52. The van der Waals surface area contributed by atoms with E-state index in [-0.39, 0.29) is 10.5 Å². The topological polar surface area (TPSA) is 29.5 Å². The van der Waals surface area contributed by atoms with E-state index in [9.17, 15) is 5.11 Å². The number of fused-ring (bicyclic) bond motifs is 1. The Morgan fingerprint density at radius 3 is 2.23 bits per heavy atom. The van der Waals surface area contributed by atoms with E-state index in [0.717, 1.165) is 25.7 Å². The zero-order valence-corrected chi connectivity index (χ0v) is 22.5. The predicted octanol–water partition coefficient (Wildman–Crippen LogP) is 7.56.